The van der Waals surface area contributed by atoms with Crippen molar-refractivity contribution >= 4 is 11.9 Å². The highest BCUT2D eigenvalue weighted by Gasteiger charge is 2.16. The van der Waals surface area contributed by atoms with Crippen molar-refractivity contribution in [3.63, 3.8) is 0 Å². The molecule has 0 aromatic heterocycles. The van der Waals surface area contributed by atoms with E-state index in [0.29, 0.717) is 24.4 Å². The molecule has 0 radical (unpaired) electrons. The Bertz CT molecular complexity index is 475. The molecule has 0 unspecified atom stereocenters. The van der Waals surface area contributed by atoms with Gasteiger partial charge in [-0.3, -0.25) is 0 Å². The van der Waals surface area contributed by atoms with Gasteiger partial charge in [0.25, 0.3) is 0 Å². The lowest BCUT2D eigenvalue weighted by molar-refractivity contribution is -0.906. The molecule has 6 nitrogen and oxygen atoms in total. The molecular formula is C21H44N2O4+2. The van der Waals surface area contributed by atoms with E-state index in [2.05, 4.69) is 55.2 Å². The largest absolute Gasteiger partial charge is 0.456 e. The Kier molecular flexibility index (Phi) is 16.0. The number of nitrogens with zero attached hydrogens (tertiary/aromatic N) is 2. The monoisotopic (exact) mass is 388 g/mol. The van der Waals surface area contributed by atoms with E-state index in [1.165, 1.54) is 0 Å². The van der Waals surface area contributed by atoms with Gasteiger partial charge in [0.1, 0.15) is 26.3 Å². The van der Waals surface area contributed by atoms with Gasteiger partial charge < -0.3 is 18.4 Å². The number of ether oxygens (including phenoxy) is 2. The van der Waals surface area contributed by atoms with Gasteiger partial charge in [-0.2, -0.15) is 0 Å². The third-order valence-electron chi connectivity index (χ3n) is 4.08. The van der Waals surface area contributed by atoms with Crippen LogP contribution in [0.15, 0.2) is 24.3 Å². The minimum Gasteiger partial charge on any atom is -0.456 e. The Balaban J connectivity index is -0.000000416. The summed E-state index contributed by atoms with van der Waals surface area (Å²) in [6.07, 6.45) is 0. The average Bonchev–Trinajstić information content (AvgIpc) is 2.53. The highest BCUT2D eigenvalue weighted by molar-refractivity contribution is 5.87. The summed E-state index contributed by atoms with van der Waals surface area (Å²) in [6, 6.07) is 0. The lowest BCUT2D eigenvalue weighted by Gasteiger charge is -2.31. The van der Waals surface area contributed by atoms with Crippen molar-refractivity contribution in [1.29, 1.82) is 0 Å². The molecule has 0 saturated heterocycles. The number of carbonyl (C=O) groups excluding carboxylic acids is 2. The van der Waals surface area contributed by atoms with E-state index in [9.17, 15) is 9.59 Å². The fourth-order valence-electron chi connectivity index (χ4n) is 1.56. The smallest absolute Gasteiger partial charge is 0.333 e. The first-order valence-electron chi connectivity index (χ1n) is 9.07. The molecule has 0 aliphatic heterocycles. The molecule has 6 heteroatoms. The molecule has 0 aromatic carbocycles. The first-order valence-corrected chi connectivity index (χ1v) is 9.07. The fourth-order valence-corrected chi connectivity index (χ4v) is 1.56. The van der Waals surface area contributed by atoms with Crippen LogP contribution in [0.5, 0.6) is 0 Å². The normalized spacial score (nSPS) is 10.7. The number of hydrogen-bond donors (Lipinski definition) is 0. The van der Waals surface area contributed by atoms with Gasteiger partial charge in [-0.1, -0.05) is 20.6 Å². The van der Waals surface area contributed by atoms with Gasteiger partial charge in [0, 0.05) is 11.1 Å². The molecule has 0 amide bonds. The van der Waals surface area contributed by atoms with Crippen LogP contribution in [-0.4, -0.2) is 88.5 Å². The Morgan fingerprint density at radius 1 is 0.778 bits per heavy atom. The van der Waals surface area contributed by atoms with E-state index in [-0.39, 0.29) is 19.4 Å². The molecule has 0 aromatic rings. The second kappa shape index (κ2) is 14.4. The SMILES string of the molecule is C.C=C(C)C(=O)OCC[N+](C)(C)C.C=C(C)C(=O)OCC[N+](C)(CC)CC. The van der Waals surface area contributed by atoms with Crippen LogP contribution in [-0.2, 0) is 19.1 Å². The predicted octanol–water partition coefficient (Wildman–Crippen LogP) is 3.04. The van der Waals surface area contributed by atoms with E-state index < -0.39 is 0 Å². The van der Waals surface area contributed by atoms with Crippen molar-refractivity contribution in [1.82, 2.24) is 0 Å². The number of rotatable bonds is 10. The quantitative estimate of drug-likeness (QED) is 0.328. The first-order chi connectivity index (χ1) is 11.8. The molecular weight excluding hydrogens is 344 g/mol. The second-order valence-corrected chi connectivity index (χ2v) is 7.82. The summed E-state index contributed by atoms with van der Waals surface area (Å²) in [4.78, 5) is 22.0. The highest BCUT2D eigenvalue weighted by atomic mass is 16.5. The Labute approximate surface area is 167 Å². The van der Waals surface area contributed by atoms with Crippen molar-refractivity contribution in [2.24, 2.45) is 0 Å². The Morgan fingerprint density at radius 3 is 1.37 bits per heavy atom. The van der Waals surface area contributed by atoms with E-state index in [1.54, 1.807) is 13.8 Å². The summed E-state index contributed by atoms with van der Waals surface area (Å²) in [5.74, 6) is -0.591. The van der Waals surface area contributed by atoms with Crippen molar-refractivity contribution in [3.8, 4) is 0 Å². The van der Waals surface area contributed by atoms with Crippen LogP contribution in [0.2, 0.25) is 0 Å². The molecule has 0 N–H and O–H groups in total. The zero-order valence-corrected chi connectivity index (χ0v) is 18.2. The maximum absolute atomic E-state index is 11.1. The van der Waals surface area contributed by atoms with Gasteiger partial charge in [0.2, 0.25) is 0 Å². The van der Waals surface area contributed by atoms with Gasteiger partial charge in [-0.25, -0.2) is 9.59 Å². The molecule has 0 spiro atoms. The maximum atomic E-state index is 11.1. The lowest BCUT2D eigenvalue weighted by Crippen LogP contribution is -2.46. The molecule has 0 aliphatic carbocycles. The zero-order valence-electron chi connectivity index (χ0n) is 18.2. The summed E-state index contributed by atoms with van der Waals surface area (Å²) >= 11 is 0. The van der Waals surface area contributed by atoms with E-state index in [0.717, 1.165) is 35.1 Å². The topological polar surface area (TPSA) is 52.6 Å². The lowest BCUT2D eigenvalue weighted by atomic mass is 10.3. The van der Waals surface area contributed by atoms with Crippen LogP contribution in [0.25, 0.3) is 0 Å². The van der Waals surface area contributed by atoms with Crippen molar-refractivity contribution in [2.75, 3.05) is 67.6 Å². The van der Waals surface area contributed by atoms with Crippen LogP contribution in [0, 0.1) is 0 Å². The molecule has 0 fully saturated rings. The number of quaternary nitrogens is 2. The van der Waals surface area contributed by atoms with Crippen LogP contribution >= 0.6 is 0 Å². The summed E-state index contributed by atoms with van der Waals surface area (Å²) < 4.78 is 11.7. The van der Waals surface area contributed by atoms with Crippen LogP contribution in [0.4, 0.5) is 0 Å². The molecule has 160 valence electrons. The Morgan fingerprint density at radius 2 is 1.11 bits per heavy atom. The number of likely N-dealkylation sites (N-methyl/N-ethyl adjacent to an activating group) is 2. The summed E-state index contributed by atoms with van der Waals surface area (Å²) in [5.41, 5.74) is 0.920. The molecule has 0 saturated carbocycles. The third-order valence-corrected chi connectivity index (χ3v) is 4.08. The molecule has 27 heavy (non-hydrogen) atoms. The molecule has 0 heterocycles. The highest BCUT2D eigenvalue weighted by Crippen LogP contribution is 2.01. The van der Waals surface area contributed by atoms with E-state index >= 15 is 0 Å². The van der Waals surface area contributed by atoms with E-state index in [1.807, 2.05) is 0 Å². The van der Waals surface area contributed by atoms with Gasteiger partial charge in [-0.05, 0) is 27.7 Å². The van der Waals surface area contributed by atoms with Crippen molar-refractivity contribution in [3.05, 3.63) is 24.3 Å². The van der Waals surface area contributed by atoms with Crippen LogP contribution in [0.1, 0.15) is 35.1 Å². The van der Waals surface area contributed by atoms with Crippen molar-refractivity contribution in [2.45, 2.75) is 35.1 Å². The zero-order chi connectivity index (χ0) is 21.0. The minimum atomic E-state index is -0.302. The molecule has 0 atom stereocenters. The molecule has 0 bridgehead atoms. The summed E-state index contributed by atoms with van der Waals surface area (Å²) in [5, 5.41) is 0. The third kappa shape index (κ3) is 17.5. The average molecular weight is 389 g/mol. The van der Waals surface area contributed by atoms with E-state index in [4.69, 9.17) is 9.47 Å². The van der Waals surface area contributed by atoms with Crippen LogP contribution < -0.4 is 0 Å². The predicted molar refractivity (Wildman–Crippen MR) is 113 cm³/mol. The first kappa shape index (κ1) is 30.1. The number of hydrogen-bond acceptors (Lipinski definition) is 4. The van der Waals surface area contributed by atoms with Crippen LogP contribution in [0.3, 0.4) is 0 Å². The minimum absolute atomic E-state index is 0. The number of carbonyl (C=O) groups is 2. The van der Waals surface area contributed by atoms with Gasteiger partial charge in [0.05, 0.1) is 41.3 Å². The van der Waals surface area contributed by atoms with Gasteiger partial charge in [0.15, 0.2) is 0 Å². The van der Waals surface area contributed by atoms with Gasteiger partial charge in [-0.15, -0.1) is 0 Å². The fraction of sp³-hybridized carbons (Fsp3) is 0.714. The summed E-state index contributed by atoms with van der Waals surface area (Å²) in [7, 11) is 8.31. The van der Waals surface area contributed by atoms with Gasteiger partial charge >= 0.3 is 11.9 Å². The second-order valence-electron chi connectivity index (χ2n) is 7.82. The van der Waals surface area contributed by atoms with Crippen molar-refractivity contribution < 1.29 is 28.0 Å². The number of esters is 2. The molecule has 0 aliphatic rings. The Hall–Kier alpha value is -1.66. The summed E-state index contributed by atoms with van der Waals surface area (Å²) in [6.45, 7) is 19.3. The molecule has 0 rings (SSSR count). The maximum Gasteiger partial charge on any atom is 0.333 e. The standard InChI is InChI=1S/C11H22NO2.C9H18NO2.CH4/c1-6-12(5,7-2)8-9-14-11(13)10(3)4;1-8(2)9(11)12-7-6-10(3,4)5;/h3,6-9H2,1-2,4-5H3;1,6-7H2,2-5H3;1H4/q2*+1;.